The summed E-state index contributed by atoms with van der Waals surface area (Å²) in [6.45, 7) is -0.429. The first-order valence-corrected chi connectivity index (χ1v) is 17.2. The molecule has 226 valence electrons. The molecular formula is C28H20BrClN4O7S3. The van der Waals surface area contributed by atoms with Gasteiger partial charge >= 0.3 is 4.87 Å². The second-order valence-electron chi connectivity index (χ2n) is 9.83. The highest BCUT2D eigenvalue weighted by Gasteiger charge is 2.56. The van der Waals surface area contributed by atoms with Crippen LogP contribution in [-0.4, -0.2) is 43.0 Å². The van der Waals surface area contributed by atoms with E-state index in [-0.39, 0.29) is 15.5 Å². The molecule has 0 saturated carbocycles. The SMILES string of the molecule is NS(=O)(=O)c1ccc(NC(=O)COc2ccc(Br)cc2C2c3sc(=O)[nH]c3SC3C(=O)N(c4ccc(Cl)cc4)C(=O)C32)cc1. The molecule has 3 atom stereocenters. The predicted molar refractivity (Wildman–Crippen MR) is 170 cm³/mol. The van der Waals surface area contributed by atoms with Crippen molar-refractivity contribution in [1.29, 1.82) is 0 Å². The number of ether oxygens (including phenoxy) is 1. The Morgan fingerprint density at radius 1 is 1.05 bits per heavy atom. The molecule has 16 heteroatoms. The van der Waals surface area contributed by atoms with Crippen LogP contribution in [0, 0.1) is 5.92 Å². The number of hydrogen-bond acceptors (Lipinski definition) is 9. The minimum absolute atomic E-state index is 0.101. The van der Waals surface area contributed by atoms with Crippen LogP contribution in [0.2, 0.25) is 5.02 Å². The van der Waals surface area contributed by atoms with E-state index in [2.05, 4.69) is 26.2 Å². The van der Waals surface area contributed by atoms with Gasteiger partial charge in [0, 0.05) is 31.5 Å². The average molecular weight is 736 g/mol. The van der Waals surface area contributed by atoms with Crippen molar-refractivity contribution >= 4 is 89.7 Å². The van der Waals surface area contributed by atoms with Gasteiger partial charge in [-0.15, -0.1) is 0 Å². The largest absolute Gasteiger partial charge is 0.483 e. The molecule has 3 unspecified atom stereocenters. The van der Waals surface area contributed by atoms with Gasteiger partial charge in [-0.05, 0) is 66.7 Å². The van der Waals surface area contributed by atoms with Gasteiger partial charge < -0.3 is 15.0 Å². The first kappa shape index (κ1) is 30.6. The number of nitrogens with one attached hydrogen (secondary N) is 2. The molecule has 3 heterocycles. The Kier molecular flexibility index (Phi) is 8.19. The molecule has 4 aromatic rings. The number of carbonyl (C=O) groups is 3. The monoisotopic (exact) mass is 734 g/mol. The van der Waals surface area contributed by atoms with Gasteiger partial charge in [-0.3, -0.25) is 19.2 Å². The third-order valence-electron chi connectivity index (χ3n) is 7.04. The van der Waals surface area contributed by atoms with Crippen molar-refractivity contribution in [3.63, 3.8) is 0 Å². The number of carbonyl (C=O) groups excluding carboxylic acids is 3. The van der Waals surface area contributed by atoms with Gasteiger partial charge in [-0.2, -0.15) is 0 Å². The number of primary sulfonamides is 1. The summed E-state index contributed by atoms with van der Waals surface area (Å²) in [6, 6.07) is 16.8. The van der Waals surface area contributed by atoms with E-state index in [1.165, 1.54) is 24.3 Å². The van der Waals surface area contributed by atoms with Crippen molar-refractivity contribution in [2.45, 2.75) is 21.1 Å². The van der Waals surface area contributed by atoms with Gasteiger partial charge in [-0.1, -0.05) is 50.6 Å². The lowest BCUT2D eigenvalue weighted by Gasteiger charge is -2.31. The van der Waals surface area contributed by atoms with Gasteiger partial charge in [0.25, 0.3) is 5.91 Å². The summed E-state index contributed by atoms with van der Waals surface area (Å²) in [5, 5.41) is 7.88. The highest BCUT2D eigenvalue weighted by atomic mass is 79.9. The zero-order valence-corrected chi connectivity index (χ0v) is 26.9. The quantitative estimate of drug-likeness (QED) is 0.236. The summed E-state index contributed by atoms with van der Waals surface area (Å²) in [7, 11) is -3.88. The third kappa shape index (κ3) is 5.82. The van der Waals surface area contributed by atoms with Crippen LogP contribution in [0.4, 0.5) is 11.4 Å². The lowest BCUT2D eigenvalue weighted by molar-refractivity contribution is -0.122. The Labute approximate surface area is 271 Å². The molecule has 3 amide bonds. The Hall–Kier alpha value is -3.47. The van der Waals surface area contributed by atoms with Gasteiger partial charge in [0.05, 0.1) is 21.5 Å². The van der Waals surface area contributed by atoms with Crippen LogP contribution in [0.25, 0.3) is 0 Å². The molecule has 11 nitrogen and oxygen atoms in total. The molecule has 0 bridgehead atoms. The summed E-state index contributed by atoms with van der Waals surface area (Å²) in [5.41, 5.74) is 1.22. The van der Waals surface area contributed by atoms with Crippen molar-refractivity contribution in [2.24, 2.45) is 11.1 Å². The maximum atomic E-state index is 14.0. The molecule has 0 radical (unpaired) electrons. The third-order valence-corrected chi connectivity index (χ3v) is 11.1. The molecule has 1 fully saturated rings. The molecule has 2 aliphatic rings. The fraction of sp³-hybridized carbons (Fsp3) is 0.143. The lowest BCUT2D eigenvalue weighted by Crippen LogP contribution is -2.32. The zero-order chi connectivity index (χ0) is 31.3. The predicted octanol–water partition coefficient (Wildman–Crippen LogP) is 4.31. The number of rotatable bonds is 7. The topological polar surface area (TPSA) is 169 Å². The summed E-state index contributed by atoms with van der Waals surface area (Å²) in [5.74, 6) is -2.72. The van der Waals surface area contributed by atoms with Crippen LogP contribution in [-0.2, 0) is 24.4 Å². The van der Waals surface area contributed by atoms with E-state index < -0.39 is 51.4 Å². The molecule has 1 aromatic heterocycles. The van der Waals surface area contributed by atoms with E-state index in [0.717, 1.165) is 28.0 Å². The summed E-state index contributed by atoms with van der Waals surface area (Å²) in [4.78, 5) is 57.0. The van der Waals surface area contributed by atoms with E-state index in [0.29, 0.717) is 36.3 Å². The minimum atomic E-state index is -3.88. The molecule has 1 saturated heterocycles. The van der Waals surface area contributed by atoms with Crippen LogP contribution in [0.5, 0.6) is 5.75 Å². The number of hydrogen-bond donors (Lipinski definition) is 3. The first-order chi connectivity index (χ1) is 20.9. The summed E-state index contributed by atoms with van der Waals surface area (Å²) >= 11 is 11.6. The number of aromatic amines is 1. The second-order valence-corrected chi connectivity index (χ2v) is 14.9. The zero-order valence-electron chi connectivity index (χ0n) is 22.2. The Morgan fingerprint density at radius 2 is 1.75 bits per heavy atom. The molecule has 3 aromatic carbocycles. The smallest absolute Gasteiger partial charge is 0.305 e. The number of thioether (sulfide) groups is 1. The molecule has 2 aliphatic heterocycles. The van der Waals surface area contributed by atoms with Crippen LogP contribution < -0.4 is 25.0 Å². The van der Waals surface area contributed by atoms with Gasteiger partial charge in [0.1, 0.15) is 11.0 Å². The number of imide groups is 1. The Morgan fingerprint density at radius 3 is 2.43 bits per heavy atom. The number of thiazole rings is 1. The van der Waals surface area contributed by atoms with Crippen molar-refractivity contribution in [3.05, 3.63) is 96.3 Å². The average Bonchev–Trinajstić information content (AvgIpc) is 3.46. The van der Waals surface area contributed by atoms with E-state index >= 15 is 0 Å². The number of H-pyrrole nitrogens is 1. The van der Waals surface area contributed by atoms with E-state index in [1.54, 1.807) is 42.5 Å². The number of nitrogens with zero attached hydrogens (tertiary/aromatic N) is 1. The highest BCUT2D eigenvalue weighted by molar-refractivity contribution is 9.10. The Bertz CT molecular complexity index is 1980. The summed E-state index contributed by atoms with van der Waals surface area (Å²) in [6.07, 6.45) is 0. The highest BCUT2D eigenvalue weighted by Crippen LogP contribution is 2.54. The number of fused-ring (bicyclic) bond motifs is 2. The van der Waals surface area contributed by atoms with E-state index in [9.17, 15) is 27.6 Å². The molecular weight excluding hydrogens is 716 g/mol. The number of sulfonamides is 1. The molecule has 44 heavy (non-hydrogen) atoms. The number of anilines is 2. The van der Waals surface area contributed by atoms with Gasteiger partial charge in [-0.25, -0.2) is 18.5 Å². The standard InChI is InChI=1S/C28H20BrClN4O7S3/c29-13-1-10-19(41-12-20(35)32-15-4-8-17(9-5-15)44(31,39)40)18(11-13)21-22-24(42-25-23(21)43-28(38)33-25)27(37)34(26(22)36)16-6-2-14(30)3-7-16/h1-11,21-22,24H,12H2,(H,32,35)(H,33,38)(H2,31,39,40). The fourth-order valence-electron chi connectivity index (χ4n) is 5.16. The van der Waals surface area contributed by atoms with E-state index in [4.69, 9.17) is 21.5 Å². The van der Waals surface area contributed by atoms with Crippen molar-refractivity contribution < 1.29 is 27.5 Å². The maximum Gasteiger partial charge on any atom is 0.305 e. The lowest BCUT2D eigenvalue weighted by atomic mass is 9.82. The second kappa shape index (κ2) is 11.8. The van der Waals surface area contributed by atoms with Crippen LogP contribution in [0.3, 0.4) is 0 Å². The summed E-state index contributed by atoms with van der Waals surface area (Å²) < 4.78 is 29.6. The van der Waals surface area contributed by atoms with Crippen LogP contribution >= 0.6 is 50.6 Å². The number of amides is 3. The number of aromatic nitrogens is 1. The minimum Gasteiger partial charge on any atom is -0.483 e. The fourth-order valence-corrected chi connectivity index (χ4v) is 8.69. The number of halogens is 2. The normalized spacial score (nSPS) is 19.4. The first-order valence-electron chi connectivity index (χ1n) is 12.8. The van der Waals surface area contributed by atoms with Gasteiger partial charge in [0.2, 0.25) is 21.8 Å². The van der Waals surface area contributed by atoms with Crippen molar-refractivity contribution in [1.82, 2.24) is 4.98 Å². The maximum absolute atomic E-state index is 14.0. The van der Waals surface area contributed by atoms with Crippen molar-refractivity contribution in [2.75, 3.05) is 16.8 Å². The molecule has 0 spiro atoms. The Balaban J connectivity index is 1.32. The molecule has 0 aliphatic carbocycles. The number of nitrogens with two attached hydrogens (primary N) is 1. The van der Waals surface area contributed by atoms with Crippen molar-refractivity contribution in [3.8, 4) is 5.75 Å². The van der Waals surface area contributed by atoms with Crippen LogP contribution in [0.1, 0.15) is 16.4 Å². The van der Waals surface area contributed by atoms with Crippen LogP contribution in [0.15, 0.2) is 85.9 Å². The van der Waals surface area contributed by atoms with Gasteiger partial charge in [0.15, 0.2) is 6.61 Å². The molecule has 4 N–H and O–H groups in total. The number of benzene rings is 3. The van der Waals surface area contributed by atoms with E-state index in [1.807, 2.05) is 0 Å². The molecule has 6 rings (SSSR count).